The molecule has 1 saturated heterocycles. The van der Waals surface area contributed by atoms with Gasteiger partial charge in [0, 0.05) is 37.1 Å². The Morgan fingerprint density at radius 2 is 1.48 bits per heavy atom. The monoisotopic (exact) mass is 404 g/mol. The van der Waals surface area contributed by atoms with Crippen LogP contribution in [0.15, 0.2) is 91.0 Å². The van der Waals surface area contributed by atoms with Crippen molar-refractivity contribution in [2.45, 2.75) is 25.4 Å². The van der Waals surface area contributed by atoms with Gasteiger partial charge in [-0.1, -0.05) is 66.7 Å². The lowest BCUT2D eigenvalue weighted by atomic mass is 10.1. The summed E-state index contributed by atoms with van der Waals surface area (Å²) in [6, 6.07) is 31.0. The highest BCUT2D eigenvalue weighted by atomic mass is 31.2. The average molecular weight is 404 g/mol. The van der Waals surface area contributed by atoms with Crippen molar-refractivity contribution in [1.29, 1.82) is 0 Å². The summed E-state index contributed by atoms with van der Waals surface area (Å²) in [6.07, 6.45) is 1.96. The SMILES string of the molecule is [O-]P1N(c2ccccc2)CC[C@@H](CCNc2ccccc2)N1Cc1ccccc1. The zero-order chi connectivity index (χ0) is 19.9. The van der Waals surface area contributed by atoms with Crippen LogP contribution in [0.1, 0.15) is 18.4 Å². The molecule has 29 heavy (non-hydrogen) atoms. The third kappa shape index (κ3) is 5.16. The van der Waals surface area contributed by atoms with Crippen LogP contribution >= 0.6 is 8.45 Å². The van der Waals surface area contributed by atoms with E-state index < -0.39 is 8.45 Å². The van der Waals surface area contributed by atoms with Gasteiger partial charge in [-0.05, 0) is 51.1 Å². The van der Waals surface area contributed by atoms with E-state index in [9.17, 15) is 4.89 Å². The fourth-order valence-electron chi connectivity index (χ4n) is 3.80. The largest absolute Gasteiger partial charge is 0.801 e. The van der Waals surface area contributed by atoms with Gasteiger partial charge in [0.1, 0.15) is 0 Å². The van der Waals surface area contributed by atoms with Gasteiger partial charge in [0.05, 0.1) is 0 Å². The molecule has 3 aromatic carbocycles. The molecule has 0 aromatic heterocycles. The van der Waals surface area contributed by atoms with Crippen molar-refractivity contribution >= 4 is 19.8 Å². The minimum atomic E-state index is -1.64. The van der Waals surface area contributed by atoms with E-state index in [0.29, 0.717) is 6.54 Å². The van der Waals surface area contributed by atoms with Gasteiger partial charge in [0.15, 0.2) is 0 Å². The molecule has 5 heteroatoms. The summed E-state index contributed by atoms with van der Waals surface area (Å²) < 4.78 is 4.24. The van der Waals surface area contributed by atoms with Gasteiger partial charge in [-0.3, -0.25) is 4.67 Å². The van der Waals surface area contributed by atoms with E-state index in [1.807, 2.05) is 66.7 Å². The van der Waals surface area contributed by atoms with E-state index in [1.54, 1.807) is 0 Å². The van der Waals surface area contributed by atoms with Gasteiger partial charge in [0.25, 0.3) is 0 Å². The zero-order valence-corrected chi connectivity index (χ0v) is 17.4. The van der Waals surface area contributed by atoms with Crippen LogP contribution in [0.5, 0.6) is 0 Å². The van der Waals surface area contributed by atoms with Crippen molar-refractivity contribution in [2.75, 3.05) is 23.1 Å². The third-order valence-corrected chi connectivity index (χ3v) is 7.10. The number of hydrogen-bond acceptors (Lipinski definition) is 4. The number of benzene rings is 3. The molecule has 1 aliphatic rings. The average Bonchev–Trinajstić information content (AvgIpc) is 2.78. The zero-order valence-electron chi connectivity index (χ0n) is 16.5. The molecule has 1 heterocycles. The quantitative estimate of drug-likeness (QED) is 0.571. The highest BCUT2D eigenvalue weighted by Crippen LogP contribution is 2.47. The van der Waals surface area contributed by atoms with Crippen LogP contribution in [0, 0.1) is 0 Å². The fraction of sp³-hybridized carbons (Fsp3) is 0.250. The second-order valence-electron chi connectivity index (χ2n) is 7.32. The first-order valence-corrected chi connectivity index (χ1v) is 11.4. The molecule has 0 spiro atoms. The molecule has 150 valence electrons. The van der Waals surface area contributed by atoms with Crippen molar-refractivity contribution in [3.05, 3.63) is 96.6 Å². The van der Waals surface area contributed by atoms with Crippen LogP contribution in [0.4, 0.5) is 11.4 Å². The highest BCUT2D eigenvalue weighted by Gasteiger charge is 2.29. The van der Waals surface area contributed by atoms with Crippen LogP contribution in [-0.4, -0.2) is 23.8 Å². The summed E-state index contributed by atoms with van der Waals surface area (Å²) in [6.45, 7) is 2.39. The first kappa shape index (κ1) is 19.9. The molecule has 0 radical (unpaired) electrons. The van der Waals surface area contributed by atoms with Crippen molar-refractivity contribution < 1.29 is 4.89 Å². The molecule has 1 N–H and O–H groups in total. The van der Waals surface area contributed by atoms with Crippen molar-refractivity contribution in [3.8, 4) is 0 Å². The summed E-state index contributed by atoms with van der Waals surface area (Å²) in [5.41, 5.74) is 3.37. The standard InChI is InChI=1S/C24H27N3OP/c28-29-26(23-14-8-3-9-15-23)19-17-24(16-18-25-22-12-6-2-7-13-22)27(29)20-21-10-4-1-5-11-21/h1-15,24-25H,16-20H2/q-1/t24-,29?/m1/s1. The third-order valence-electron chi connectivity index (χ3n) is 5.34. The summed E-state index contributed by atoms with van der Waals surface area (Å²) in [5, 5.41) is 3.50. The number of nitrogens with zero attached hydrogens (tertiary/aromatic N) is 2. The summed E-state index contributed by atoms with van der Waals surface area (Å²) in [7, 11) is -1.64. The maximum absolute atomic E-state index is 13.6. The predicted octanol–water partition coefficient (Wildman–Crippen LogP) is 4.86. The van der Waals surface area contributed by atoms with Crippen LogP contribution in [-0.2, 0) is 6.54 Å². The highest BCUT2D eigenvalue weighted by molar-refractivity contribution is 7.49. The van der Waals surface area contributed by atoms with E-state index in [-0.39, 0.29) is 6.04 Å². The van der Waals surface area contributed by atoms with Gasteiger partial charge < -0.3 is 14.9 Å². The smallest absolute Gasteiger partial charge is 0.0399 e. The molecule has 1 aliphatic heterocycles. The molecule has 2 atom stereocenters. The molecule has 0 bridgehead atoms. The Labute approximate surface area is 174 Å². The van der Waals surface area contributed by atoms with E-state index in [0.717, 1.165) is 37.3 Å². The Morgan fingerprint density at radius 3 is 2.17 bits per heavy atom. The number of rotatable bonds is 7. The summed E-state index contributed by atoms with van der Waals surface area (Å²) in [5.74, 6) is 0. The topological polar surface area (TPSA) is 41.6 Å². The summed E-state index contributed by atoms with van der Waals surface area (Å²) >= 11 is 0. The number of nitrogens with one attached hydrogen (secondary N) is 1. The summed E-state index contributed by atoms with van der Waals surface area (Å²) in [4.78, 5) is 13.6. The lowest BCUT2D eigenvalue weighted by Gasteiger charge is -2.53. The first-order valence-electron chi connectivity index (χ1n) is 10.2. The molecule has 4 rings (SSSR count). The normalized spacial score (nSPS) is 19.8. The van der Waals surface area contributed by atoms with E-state index >= 15 is 0 Å². The van der Waals surface area contributed by atoms with Crippen molar-refractivity contribution in [2.24, 2.45) is 0 Å². The van der Waals surface area contributed by atoms with E-state index in [1.165, 1.54) is 5.56 Å². The molecule has 0 amide bonds. The second-order valence-corrected chi connectivity index (χ2v) is 8.82. The Balaban J connectivity index is 1.47. The van der Waals surface area contributed by atoms with Gasteiger partial charge in [-0.15, -0.1) is 0 Å². The molecule has 3 aromatic rings. The minimum Gasteiger partial charge on any atom is -0.801 e. The van der Waals surface area contributed by atoms with Crippen LogP contribution in [0.3, 0.4) is 0 Å². The Hall–Kier alpha value is -2.39. The number of anilines is 2. The predicted molar refractivity (Wildman–Crippen MR) is 121 cm³/mol. The molecule has 4 nitrogen and oxygen atoms in total. The maximum atomic E-state index is 13.6. The molecule has 0 saturated carbocycles. The Bertz CT molecular complexity index is 861. The Kier molecular flexibility index (Phi) is 6.79. The van der Waals surface area contributed by atoms with Crippen LogP contribution in [0.25, 0.3) is 0 Å². The van der Waals surface area contributed by atoms with E-state index in [2.05, 4.69) is 38.9 Å². The lowest BCUT2D eigenvalue weighted by Crippen LogP contribution is -2.47. The van der Waals surface area contributed by atoms with E-state index in [4.69, 9.17) is 0 Å². The number of para-hydroxylation sites is 2. The fourth-order valence-corrected chi connectivity index (χ4v) is 5.49. The minimum absolute atomic E-state index is 0.287. The van der Waals surface area contributed by atoms with Gasteiger partial charge in [0.2, 0.25) is 0 Å². The van der Waals surface area contributed by atoms with Gasteiger partial charge in [-0.2, -0.15) is 0 Å². The van der Waals surface area contributed by atoms with Gasteiger partial charge >= 0.3 is 0 Å². The molecular weight excluding hydrogens is 377 g/mol. The molecule has 1 fully saturated rings. The number of hydrogen-bond donors (Lipinski definition) is 1. The van der Waals surface area contributed by atoms with Crippen LogP contribution < -0.4 is 14.9 Å². The van der Waals surface area contributed by atoms with Crippen LogP contribution in [0.2, 0.25) is 0 Å². The van der Waals surface area contributed by atoms with Crippen molar-refractivity contribution in [3.63, 3.8) is 0 Å². The molecular formula is C24H27N3OP-. The molecule has 1 unspecified atom stereocenters. The molecule has 0 aliphatic carbocycles. The van der Waals surface area contributed by atoms with Gasteiger partial charge in [-0.25, -0.2) is 0 Å². The van der Waals surface area contributed by atoms with Crippen molar-refractivity contribution in [1.82, 2.24) is 4.67 Å². The first-order chi connectivity index (χ1) is 14.3. The lowest BCUT2D eigenvalue weighted by molar-refractivity contribution is -0.175. The second kappa shape index (κ2) is 9.89. The maximum Gasteiger partial charge on any atom is 0.0399 e. The Morgan fingerprint density at radius 1 is 0.862 bits per heavy atom.